The van der Waals surface area contributed by atoms with E-state index < -0.39 is 24.2 Å². The predicted octanol–water partition coefficient (Wildman–Crippen LogP) is 2.59. The Morgan fingerprint density at radius 2 is 1.81 bits per heavy atom. The van der Waals surface area contributed by atoms with Gasteiger partial charge in [-0.05, 0) is 42.0 Å². The molecule has 0 fully saturated rings. The third-order valence-corrected chi connectivity index (χ3v) is 3.98. The van der Waals surface area contributed by atoms with Crippen molar-refractivity contribution in [1.82, 2.24) is 9.99 Å². The summed E-state index contributed by atoms with van der Waals surface area (Å²) >= 11 is 0. The summed E-state index contributed by atoms with van der Waals surface area (Å²) in [6, 6.07) is 8.62. The third kappa shape index (κ3) is 3.01. The number of amides is 1. The van der Waals surface area contributed by atoms with Gasteiger partial charge in [-0.25, -0.2) is 0 Å². The van der Waals surface area contributed by atoms with Crippen molar-refractivity contribution in [2.45, 2.75) is 18.3 Å². The SMILES string of the molecule is COc1ccc(C2=NN(C(=O)c3ccncc3)[C@@](O)(C(F)(F)F)C2)cc1. The fraction of sp³-hybridized carbons (Fsp3) is 0.235. The van der Waals surface area contributed by atoms with E-state index in [1.165, 1.54) is 43.8 Å². The molecular weight excluding hydrogens is 351 g/mol. The Bertz CT molecular complexity index is 838. The van der Waals surface area contributed by atoms with Crippen LogP contribution in [-0.4, -0.2) is 45.7 Å². The van der Waals surface area contributed by atoms with E-state index in [1.54, 1.807) is 12.1 Å². The van der Waals surface area contributed by atoms with Gasteiger partial charge in [0, 0.05) is 18.0 Å². The van der Waals surface area contributed by atoms with E-state index in [9.17, 15) is 23.1 Å². The van der Waals surface area contributed by atoms with Gasteiger partial charge >= 0.3 is 6.18 Å². The molecule has 0 aliphatic carbocycles. The molecule has 136 valence electrons. The molecule has 26 heavy (non-hydrogen) atoms. The molecule has 1 aromatic carbocycles. The summed E-state index contributed by atoms with van der Waals surface area (Å²) in [7, 11) is 1.46. The predicted molar refractivity (Wildman–Crippen MR) is 85.6 cm³/mol. The van der Waals surface area contributed by atoms with Crippen molar-refractivity contribution < 1.29 is 27.8 Å². The molecule has 1 N–H and O–H groups in total. The van der Waals surface area contributed by atoms with Gasteiger partial charge in [0.15, 0.2) is 0 Å². The zero-order valence-electron chi connectivity index (χ0n) is 13.6. The Labute approximate surface area is 146 Å². The van der Waals surface area contributed by atoms with Crippen LogP contribution in [0, 0.1) is 0 Å². The van der Waals surface area contributed by atoms with Crippen LogP contribution in [0.15, 0.2) is 53.9 Å². The second kappa shape index (κ2) is 6.41. The number of carbonyl (C=O) groups excluding carboxylic acids is 1. The molecule has 1 amide bonds. The summed E-state index contributed by atoms with van der Waals surface area (Å²) < 4.78 is 45.6. The highest BCUT2D eigenvalue weighted by atomic mass is 19.4. The second-order valence-corrected chi connectivity index (χ2v) is 5.62. The summed E-state index contributed by atoms with van der Waals surface area (Å²) in [5.74, 6) is -0.557. The number of ether oxygens (including phenoxy) is 1. The van der Waals surface area contributed by atoms with Crippen molar-refractivity contribution in [1.29, 1.82) is 0 Å². The van der Waals surface area contributed by atoms with Crippen LogP contribution in [0.5, 0.6) is 5.75 Å². The topological polar surface area (TPSA) is 75.0 Å². The van der Waals surface area contributed by atoms with Crippen molar-refractivity contribution >= 4 is 11.6 Å². The van der Waals surface area contributed by atoms with Gasteiger partial charge in [-0.3, -0.25) is 9.78 Å². The Balaban J connectivity index is 2.02. The molecule has 0 spiro atoms. The van der Waals surface area contributed by atoms with Gasteiger partial charge in [0.2, 0.25) is 0 Å². The van der Waals surface area contributed by atoms with Crippen LogP contribution in [0.25, 0.3) is 0 Å². The fourth-order valence-electron chi connectivity index (χ4n) is 2.54. The number of hydrogen-bond acceptors (Lipinski definition) is 5. The van der Waals surface area contributed by atoms with Gasteiger partial charge in [-0.1, -0.05) is 0 Å². The molecule has 2 aromatic rings. The summed E-state index contributed by atoms with van der Waals surface area (Å²) in [6.07, 6.45) is -3.43. The Morgan fingerprint density at radius 3 is 2.35 bits per heavy atom. The van der Waals surface area contributed by atoms with E-state index in [2.05, 4.69) is 10.1 Å². The van der Waals surface area contributed by atoms with Crippen molar-refractivity contribution in [2.75, 3.05) is 7.11 Å². The monoisotopic (exact) mass is 365 g/mol. The van der Waals surface area contributed by atoms with E-state index in [0.717, 1.165) is 0 Å². The highest BCUT2D eigenvalue weighted by Crippen LogP contribution is 2.42. The number of aromatic nitrogens is 1. The lowest BCUT2D eigenvalue weighted by molar-refractivity contribution is -0.297. The average molecular weight is 365 g/mol. The summed E-state index contributed by atoms with van der Waals surface area (Å²) in [5.41, 5.74) is -3.21. The Hall–Kier alpha value is -2.94. The second-order valence-electron chi connectivity index (χ2n) is 5.62. The summed E-state index contributed by atoms with van der Waals surface area (Å²) in [5, 5.41) is 14.1. The number of rotatable bonds is 3. The van der Waals surface area contributed by atoms with Crippen LogP contribution in [-0.2, 0) is 0 Å². The number of carbonyl (C=O) groups is 1. The van der Waals surface area contributed by atoms with Gasteiger partial charge in [-0.2, -0.15) is 23.3 Å². The van der Waals surface area contributed by atoms with E-state index in [-0.39, 0.29) is 16.3 Å². The normalized spacial score (nSPS) is 20.0. The number of nitrogens with zero attached hydrogens (tertiary/aromatic N) is 3. The van der Waals surface area contributed by atoms with Gasteiger partial charge < -0.3 is 9.84 Å². The first kappa shape index (κ1) is 17.9. The molecule has 1 atom stereocenters. The lowest BCUT2D eigenvalue weighted by Crippen LogP contribution is -2.56. The first-order valence-electron chi connectivity index (χ1n) is 7.52. The highest BCUT2D eigenvalue weighted by Gasteiger charge is 2.63. The molecule has 1 aliphatic heterocycles. The Morgan fingerprint density at radius 1 is 1.19 bits per heavy atom. The van der Waals surface area contributed by atoms with Crippen molar-refractivity contribution in [2.24, 2.45) is 5.10 Å². The highest BCUT2D eigenvalue weighted by molar-refractivity contribution is 6.05. The lowest BCUT2D eigenvalue weighted by Gasteiger charge is -2.32. The first-order valence-corrected chi connectivity index (χ1v) is 7.52. The standard InChI is InChI=1S/C17H14F3N3O3/c1-26-13-4-2-11(3-5-13)14-10-16(25,17(18,19)20)23(22-14)15(24)12-6-8-21-9-7-12/h2-9,25H,10H2,1H3/t16-/m0/s1. The van der Waals surface area contributed by atoms with Gasteiger partial charge in [-0.15, -0.1) is 0 Å². The van der Waals surface area contributed by atoms with E-state index in [4.69, 9.17) is 4.74 Å². The smallest absolute Gasteiger partial charge is 0.438 e. The van der Waals surface area contributed by atoms with Gasteiger partial charge in [0.05, 0.1) is 19.2 Å². The average Bonchev–Trinajstić information content (AvgIpc) is 3.01. The molecule has 0 saturated heterocycles. The molecule has 0 unspecified atom stereocenters. The van der Waals surface area contributed by atoms with E-state index in [1.807, 2.05) is 0 Å². The number of halogens is 3. The van der Waals surface area contributed by atoms with Gasteiger partial charge in [0.25, 0.3) is 11.6 Å². The quantitative estimate of drug-likeness (QED) is 0.907. The molecule has 0 bridgehead atoms. The molecule has 9 heteroatoms. The van der Waals surface area contributed by atoms with Crippen LogP contribution in [0.1, 0.15) is 22.3 Å². The molecule has 3 rings (SSSR count). The van der Waals surface area contributed by atoms with Crippen LogP contribution in [0.4, 0.5) is 13.2 Å². The van der Waals surface area contributed by atoms with Crippen LogP contribution < -0.4 is 4.74 Å². The fourth-order valence-corrected chi connectivity index (χ4v) is 2.54. The maximum absolute atomic E-state index is 13.5. The maximum Gasteiger partial charge on any atom is 0.438 e. The minimum Gasteiger partial charge on any atom is -0.497 e. The minimum absolute atomic E-state index is 0.0603. The number of aliphatic hydroxyl groups is 1. The maximum atomic E-state index is 13.5. The van der Waals surface area contributed by atoms with Crippen molar-refractivity contribution in [3.05, 3.63) is 59.9 Å². The minimum atomic E-state index is -5.09. The van der Waals surface area contributed by atoms with E-state index >= 15 is 0 Å². The molecule has 0 radical (unpaired) electrons. The molecular formula is C17H14F3N3O3. The first-order chi connectivity index (χ1) is 12.3. The summed E-state index contributed by atoms with van der Waals surface area (Å²) in [6.45, 7) is 0. The zero-order valence-corrected chi connectivity index (χ0v) is 13.6. The third-order valence-electron chi connectivity index (χ3n) is 3.98. The molecule has 1 aromatic heterocycles. The number of alkyl halides is 3. The number of pyridine rings is 1. The lowest BCUT2D eigenvalue weighted by atomic mass is 10.0. The number of hydrogen-bond donors (Lipinski definition) is 1. The molecule has 2 heterocycles. The number of methoxy groups -OCH3 is 1. The summed E-state index contributed by atoms with van der Waals surface area (Å²) in [4.78, 5) is 16.2. The molecule has 6 nitrogen and oxygen atoms in total. The van der Waals surface area contributed by atoms with Crippen molar-refractivity contribution in [3.63, 3.8) is 0 Å². The number of benzene rings is 1. The van der Waals surface area contributed by atoms with Crippen LogP contribution in [0.3, 0.4) is 0 Å². The van der Waals surface area contributed by atoms with Gasteiger partial charge in [0.1, 0.15) is 5.75 Å². The molecule has 1 aliphatic rings. The Kier molecular flexibility index (Phi) is 4.41. The van der Waals surface area contributed by atoms with Crippen LogP contribution in [0.2, 0.25) is 0 Å². The van der Waals surface area contributed by atoms with Crippen molar-refractivity contribution in [3.8, 4) is 5.75 Å². The zero-order chi connectivity index (χ0) is 18.9. The largest absolute Gasteiger partial charge is 0.497 e. The van der Waals surface area contributed by atoms with Crippen LogP contribution >= 0.6 is 0 Å². The number of hydrazone groups is 1. The molecule has 0 saturated carbocycles. The van der Waals surface area contributed by atoms with E-state index in [0.29, 0.717) is 11.3 Å².